The lowest BCUT2D eigenvalue weighted by Crippen LogP contribution is -2.31. The van der Waals surface area contributed by atoms with Crippen LogP contribution in [0.1, 0.15) is 6.42 Å². The molecule has 0 spiro atoms. The monoisotopic (exact) mass is 301 g/mol. The summed E-state index contributed by atoms with van der Waals surface area (Å²) in [6.45, 7) is 1.53. The molecular formula is C14H12ClN5O. The largest absolute Gasteiger partial charge is 0.371 e. The first-order valence-electron chi connectivity index (χ1n) is 6.73. The van der Waals surface area contributed by atoms with E-state index in [4.69, 9.17) is 11.6 Å². The molecule has 0 saturated heterocycles. The molecule has 1 aliphatic heterocycles. The van der Waals surface area contributed by atoms with E-state index in [1.807, 2.05) is 18.2 Å². The molecule has 6 nitrogen and oxygen atoms in total. The van der Waals surface area contributed by atoms with Crippen LogP contribution in [0, 0.1) is 0 Å². The Bertz CT molecular complexity index is 898. The van der Waals surface area contributed by atoms with Crippen LogP contribution >= 0.6 is 11.6 Å². The number of halogens is 1. The topological polar surface area (TPSA) is 64.7 Å². The lowest BCUT2D eigenvalue weighted by atomic mass is 10.3. The molecule has 0 fully saturated rings. The van der Waals surface area contributed by atoms with Gasteiger partial charge in [0.1, 0.15) is 5.82 Å². The van der Waals surface area contributed by atoms with E-state index in [2.05, 4.69) is 15.4 Å². The molecule has 0 atom stereocenters. The van der Waals surface area contributed by atoms with Crippen LogP contribution in [0.15, 0.2) is 35.3 Å². The summed E-state index contributed by atoms with van der Waals surface area (Å²) in [7, 11) is 0. The van der Waals surface area contributed by atoms with E-state index in [9.17, 15) is 4.79 Å². The second kappa shape index (κ2) is 4.60. The minimum atomic E-state index is -0.265. The van der Waals surface area contributed by atoms with Crippen LogP contribution in [0.2, 0.25) is 5.02 Å². The number of anilines is 1. The van der Waals surface area contributed by atoms with Gasteiger partial charge in [0.25, 0.3) is 0 Å². The molecular weight excluding hydrogens is 290 g/mol. The Morgan fingerprint density at radius 2 is 2.14 bits per heavy atom. The van der Waals surface area contributed by atoms with Crippen LogP contribution < -0.4 is 11.0 Å². The zero-order valence-electron chi connectivity index (χ0n) is 11.1. The lowest BCUT2D eigenvalue weighted by molar-refractivity contribution is 0.599. The van der Waals surface area contributed by atoms with Gasteiger partial charge in [-0.05, 0) is 18.6 Å². The van der Waals surface area contributed by atoms with Crippen molar-refractivity contribution < 1.29 is 0 Å². The minimum absolute atomic E-state index is 0.265. The van der Waals surface area contributed by atoms with Crippen LogP contribution in [-0.4, -0.2) is 25.9 Å². The fourth-order valence-electron chi connectivity index (χ4n) is 2.65. The summed E-state index contributed by atoms with van der Waals surface area (Å²) in [5, 5.41) is 9.01. The fraction of sp³-hybridized carbons (Fsp3) is 0.214. The van der Waals surface area contributed by atoms with Crippen LogP contribution in [0.25, 0.3) is 16.7 Å². The Labute approximate surface area is 125 Å². The third-order valence-corrected chi connectivity index (χ3v) is 3.95. The van der Waals surface area contributed by atoms with E-state index in [0.717, 1.165) is 24.2 Å². The molecule has 0 amide bonds. The van der Waals surface area contributed by atoms with Gasteiger partial charge >= 0.3 is 5.69 Å². The number of nitrogens with one attached hydrogen (secondary N) is 1. The molecule has 0 saturated carbocycles. The Balaban J connectivity index is 2.04. The van der Waals surface area contributed by atoms with Crippen molar-refractivity contribution in [2.24, 2.45) is 0 Å². The molecule has 0 aliphatic carbocycles. The number of hydrogen-bond acceptors (Lipinski definition) is 4. The highest BCUT2D eigenvalue weighted by atomic mass is 35.5. The molecule has 4 rings (SSSR count). The third-order valence-electron chi connectivity index (χ3n) is 3.63. The molecule has 0 bridgehead atoms. The molecule has 1 aliphatic rings. The lowest BCUT2D eigenvalue weighted by Gasteiger charge is -2.19. The summed E-state index contributed by atoms with van der Waals surface area (Å²) in [4.78, 5) is 16.4. The second-order valence-electron chi connectivity index (χ2n) is 4.92. The highest BCUT2D eigenvalue weighted by Gasteiger charge is 2.19. The summed E-state index contributed by atoms with van der Waals surface area (Å²) in [6, 6.07) is 7.36. The average Bonchev–Trinajstić information content (AvgIpc) is 2.92. The van der Waals surface area contributed by atoms with Crippen molar-refractivity contribution in [1.29, 1.82) is 0 Å². The number of benzene rings is 1. The Morgan fingerprint density at radius 3 is 3.00 bits per heavy atom. The van der Waals surface area contributed by atoms with Gasteiger partial charge in [-0.3, -0.25) is 4.57 Å². The molecule has 7 heteroatoms. The Morgan fingerprint density at radius 1 is 1.29 bits per heavy atom. The summed E-state index contributed by atoms with van der Waals surface area (Å²) in [5.74, 6) is 0.787. The van der Waals surface area contributed by atoms with Gasteiger partial charge in [-0.1, -0.05) is 23.7 Å². The average molecular weight is 302 g/mol. The molecule has 3 heterocycles. The van der Waals surface area contributed by atoms with Crippen molar-refractivity contribution in [3.8, 4) is 5.69 Å². The van der Waals surface area contributed by atoms with Gasteiger partial charge in [0.15, 0.2) is 5.65 Å². The van der Waals surface area contributed by atoms with Crippen LogP contribution in [0.3, 0.4) is 0 Å². The molecule has 0 unspecified atom stereocenters. The normalized spacial score (nSPS) is 14.0. The van der Waals surface area contributed by atoms with E-state index in [1.165, 1.54) is 0 Å². The van der Waals surface area contributed by atoms with Crippen molar-refractivity contribution in [3.05, 3.63) is 46.0 Å². The van der Waals surface area contributed by atoms with E-state index >= 15 is 0 Å². The maximum absolute atomic E-state index is 12.2. The molecule has 106 valence electrons. The van der Waals surface area contributed by atoms with Crippen molar-refractivity contribution in [2.75, 3.05) is 11.9 Å². The number of rotatable bonds is 1. The van der Waals surface area contributed by atoms with Gasteiger partial charge in [-0.2, -0.15) is 10.1 Å². The van der Waals surface area contributed by atoms with Gasteiger partial charge in [0.2, 0.25) is 0 Å². The second-order valence-corrected chi connectivity index (χ2v) is 5.33. The van der Waals surface area contributed by atoms with Crippen molar-refractivity contribution >= 4 is 28.5 Å². The first kappa shape index (κ1) is 12.4. The number of para-hydroxylation sites is 1. The predicted molar refractivity (Wildman–Crippen MR) is 81.2 cm³/mol. The highest BCUT2D eigenvalue weighted by Crippen LogP contribution is 2.27. The third kappa shape index (κ3) is 1.83. The zero-order valence-corrected chi connectivity index (χ0v) is 11.8. The first-order valence-corrected chi connectivity index (χ1v) is 7.11. The van der Waals surface area contributed by atoms with Crippen molar-refractivity contribution in [2.45, 2.75) is 13.0 Å². The summed E-state index contributed by atoms with van der Waals surface area (Å²) in [5.41, 5.74) is 0.967. The molecule has 0 radical (unpaired) electrons. The molecule has 21 heavy (non-hydrogen) atoms. The molecule has 3 aromatic rings. The Hall–Kier alpha value is -2.34. The van der Waals surface area contributed by atoms with Crippen LogP contribution in [0.5, 0.6) is 0 Å². The summed E-state index contributed by atoms with van der Waals surface area (Å²) >= 11 is 6.21. The standard InChI is InChI=1S/C14H12ClN5O/c15-10-4-1-2-5-11(10)20-13-9(8-17-20)12-16-6-3-7-19(12)14(21)18-13/h1-2,4-5,8,16H,3,6-7H2. The van der Waals surface area contributed by atoms with E-state index in [-0.39, 0.29) is 5.69 Å². The SMILES string of the molecule is O=c1nc2c(cnn2-c2ccccc2Cl)c2n1CCCN2. The quantitative estimate of drug-likeness (QED) is 0.747. The summed E-state index contributed by atoms with van der Waals surface area (Å²) < 4.78 is 3.26. The van der Waals surface area contributed by atoms with Crippen LogP contribution in [-0.2, 0) is 6.54 Å². The highest BCUT2D eigenvalue weighted by molar-refractivity contribution is 6.32. The number of aromatic nitrogens is 4. The Kier molecular flexibility index (Phi) is 2.71. The minimum Gasteiger partial charge on any atom is -0.371 e. The molecule has 2 aromatic heterocycles. The van der Waals surface area contributed by atoms with E-state index in [1.54, 1.807) is 21.5 Å². The van der Waals surface area contributed by atoms with E-state index in [0.29, 0.717) is 22.9 Å². The summed E-state index contributed by atoms with van der Waals surface area (Å²) in [6.07, 6.45) is 2.63. The predicted octanol–water partition coefficient (Wildman–Crippen LogP) is 2.05. The fourth-order valence-corrected chi connectivity index (χ4v) is 2.87. The van der Waals surface area contributed by atoms with Gasteiger partial charge < -0.3 is 5.32 Å². The van der Waals surface area contributed by atoms with Crippen LogP contribution in [0.4, 0.5) is 5.82 Å². The number of nitrogens with zero attached hydrogens (tertiary/aromatic N) is 4. The van der Waals surface area contributed by atoms with Gasteiger partial charge in [-0.25, -0.2) is 9.48 Å². The van der Waals surface area contributed by atoms with Gasteiger partial charge in [-0.15, -0.1) is 0 Å². The molecule has 1 aromatic carbocycles. The maximum Gasteiger partial charge on any atom is 0.351 e. The zero-order chi connectivity index (χ0) is 14.4. The van der Waals surface area contributed by atoms with Crippen molar-refractivity contribution in [1.82, 2.24) is 19.3 Å². The maximum atomic E-state index is 12.2. The number of hydrogen-bond donors (Lipinski definition) is 1. The van der Waals surface area contributed by atoms with Gasteiger partial charge in [0, 0.05) is 13.1 Å². The smallest absolute Gasteiger partial charge is 0.351 e. The van der Waals surface area contributed by atoms with Crippen molar-refractivity contribution in [3.63, 3.8) is 0 Å². The van der Waals surface area contributed by atoms with E-state index < -0.39 is 0 Å². The van der Waals surface area contributed by atoms with Gasteiger partial charge in [0.05, 0.1) is 22.3 Å². The first-order chi connectivity index (χ1) is 10.3. The number of fused-ring (bicyclic) bond motifs is 3. The molecule has 1 N–H and O–H groups in total.